The first kappa shape index (κ1) is 9.80. The van der Waals surface area contributed by atoms with E-state index >= 15 is 0 Å². The van der Waals surface area contributed by atoms with E-state index in [-0.39, 0.29) is 5.56 Å². The van der Waals surface area contributed by atoms with Gasteiger partial charge in [-0.1, -0.05) is 0 Å². The van der Waals surface area contributed by atoms with E-state index in [1.54, 1.807) is 12.3 Å². The molecule has 0 radical (unpaired) electrons. The van der Waals surface area contributed by atoms with Crippen LogP contribution < -0.4 is 11.3 Å². The number of aryl methyl sites for hydroxylation is 1. The molecule has 0 aliphatic carbocycles. The molecule has 1 aromatic heterocycles. The Labute approximate surface area is 79.9 Å². The van der Waals surface area contributed by atoms with Crippen molar-refractivity contribution in [3.8, 4) is 0 Å². The van der Waals surface area contributed by atoms with Crippen molar-refractivity contribution in [3.63, 3.8) is 0 Å². The van der Waals surface area contributed by atoms with Gasteiger partial charge in [0.05, 0.1) is 0 Å². The van der Waals surface area contributed by atoms with Crippen LogP contribution in [0.1, 0.15) is 10.4 Å². The highest BCUT2D eigenvalue weighted by Gasteiger charge is 2.06. The SMILES string of the molecule is NC(=O)c1cccn(CCCl)c1=O. The first-order valence-corrected chi connectivity index (χ1v) is 4.25. The second kappa shape index (κ2) is 4.09. The lowest BCUT2D eigenvalue weighted by Crippen LogP contribution is -2.29. The third-order valence-corrected chi connectivity index (χ3v) is 1.78. The molecule has 1 aromatic rings. The van der Waals surface area contributed by atoms with E-state index in [1.807, 2.05) is 0 Å². The number of hydrogen-bond acceptors (Lipinski definition) is 2. The van der Waals surface area contributed by atoms with E-state index in [0.717, 1.165) is 0 Å². The largest absolute Gasteiger partial charge is 0.365 e. The lowest BCUT2D eigenvalue weighted by atomic mass is 10.2. The Bertz CT molecular complexity index is 373. The molecular weight excluding hydrogens is 192 g/mol. The van der Waals surface area contributed by atoms with Gasteiger partial charge in [-0.2, -0.15) is 0 Å². The van der Waals surface area contributed by atoms with Gasteiger partial charge >= 0.3 is 0 Å². The summed E-state index contributed by atoms with van der Waals surface area (Å²) in [6.45, 7) is 0.376. The van der Waals surface area contributed by atoms with E-state index in [2.05, 4.69) is 0 Å². The number of pyridine rings is 1. The quantitative estimate of drug-likeness (QED) is 0.708. The molecule has 0 aromatic carbocycles. The number of amides is 1. The molecule has 2 N–H and O–H groups in total. The standard InChI is InChI=1S/C8H9ClN2O2/c9-3-5-11-4-1-2-6(7(10)12)8(11)13/h1-2,4H,3,5H2,(H2,10,12). The zero-order valence-electron chi connectivity index (χ0n) is 6.87. The van der Waals surface area contributed by atoms with Crippen LogP contribution in [-0.4, -0.2) is 16.4 Å². The summed E-state index contributed by atoms with van der Waals surface area (Å²) >= 11 is 5.46. The molecule has 0 unspecified atom stereocenters. The molecule has 5 heteroatoms. The number of nitrogens with two attached hydrogens (primary N) is 1. The third-order valence-electron chi connectivity index (χ3n) is 1.61. The molecule has 0 aliphatic heterocycles. The van der Waals surface area contributed by atoms with E-state index in [4.69, 9.17) is 17.3 Å². The second-order valence-electron chi connectivity index (χ2n) is 2.47. The maximum Gasteiger partial charge on any atom is 0.263 e. The van der Waals surface area contributed by atoms with Gasteiger partial charge in [-0.25, -0.2) is 0 Å². The van der Waals surface area contributed by atoms with Crippen molar-refractivity contribution < 1.29 is 4.79 Å². The molecule has 1 amide bonds. The normalized spacial score (nSPS) is 9.92. The van der Waals surface area contributed by atoms with Gasteiger partial charge in [0.1, 0.15) is 5.56 Å². The second-order valence-corrected chi connectivity index (χ2v) is 2.85. The number of carbonyl (C=O) groups is 1. The fourth-order valence-corrected chi connectivity index (χ4v) is 1.17. The fourth-order valence-electron chi connectivity index (χ4n) is 0.992. The van der Waals surface area contributed by atoms with Crippen molar-refractivity contribution >= 4 is 17.5 Å². The first-order valence-electron chi connectivity index (χ1n) is 3.72. The first-order chi connectivity index (χ1) is 6.16. The van der Waals surface area contributed by atoms with Gasteiger partial charge in [0.25, 0.3) is 11.5 Å². The lowest BCUT2D eigenvalue weighted by molar-refractivity contribution is 0.0998. The van der Waals surface area contributed by atoms with Crippen LogP contribution in [0.15, 0.2) is 23.1 Å². The molecule has 1 heterocycles. The van der Waals surface area contributed by atoms with Crippen LogP contribution in [0.5, 0.6) is 0 Å². The molecule has 0 fully saturated rings. The summed E-state index contributed by atoms with van der Waals surface area (Å²) in [6.07, 6.45) is 1.57. The zero-order valence-corrected chi connectivity index (χ0v) is 7.62. The number of aromatic nitrogens is 1. The highest BCUT2D eigenvalue weighted by atomic mass is 35.5. The van der Waals surface area contributed by atoms with Crippen LogP contribution in [0.3, 0.4) is 0 Å². The Kier molecular flexibility index (Phi) is 3.08. The summed E-state index contributed by atoms with van der Waals surface area (Å²) in [5, 5.41) is 0. The fraction of sp³-hybridized carbons (Fsp3) is 0.250. The van der Waals surface area contributed by atoms with E-state index < -0.39 is 11.5 Å². The monoisotopic (exact) mass is 200 g/mol. The molecule has 0 spiro atoms. The number of hydrogen-bond donors (Lipinski definition) is 1. The van der Waals surface area contributed by atoms with Gasteiger partial charge in [-0.15, -0.1) is 11.6 Å². The van der Waals surface area contributed by atoms with Crippen molar-refractivity contribution in [2.45, 2.75) is 6.54 Å². The van der Waals surface area contributed by atoms with Crippen LogP contribution >= 0.6 is 11.6 Å². The van der Waals surface area contributed by atoms with Gasteiger partial charge in [0, 0.05) is 18.6 Å². The average molecular weight is 201 g/mol. The summed E-state index contributed by atoms with van der Waals surface area (Å²) in [4.78, 5) is 22.2. The number of nitrogens with zero attached hydrogens (tertiary/aromatic N) is 1. The Morgan fingerprint density at radius 1 is 1.62 bits per heavy atom. The van der Waals surface area contributed by atoms with Gasteiger partial charge in [-0.3, -0.25) is 9.59 Å². The number of primary amides is 1. The lowest BCUT2D eigenvalue weighted by Gasteiger charge is -2.02. The molecule has 0 aliphatic rings. The summed E-state index contributed by atoms with van der Waals surface area (Å²) in [6, 6.07) is 2.99. The van der Waals surface area contributed by atoms with Crippen molar-refractivity contribution in [3.05, 3.63) is 34.2 Å². The minimum atomic E-state index is -0.714. The van der Waals surface area contributed by atoms with E-state index in [1.165, 1.54) is 10.6 Å². The van der Waals surface area contributed by atoms with Gasteiger partial charge in [0.2, 0.25) is 0 Å². The molecule has 0 bridgehead atoms. The molecule has 70 valence electrons. The Morgan fingerprint density at radius 3 is 2.85 bits per heavy atom. The van der Waals surface area contributed by atoms with Crippen molar-refractivity contribution in [2.24, 2.45) is 5.73 Å². The molecule has 4 nitrogen and oxygen atoms in total. The Balaban J connectivity index is 3.19. The van der Waals surface area contributed by atoms with E-state index in [0.29, 0.717) is 12.4 Å². The predicted molar refractivity (Wildman–Crippen MR) is 49.9 cm³/mol. The number of carbonyl (C=O) groups excluding carboxylic acids is 1. The maximum atomic E-state index is 11.4. The molecule has 13 heavy (non-hydrogen) atoms. The van der Waals surface area contributed by atoms with Crippen LogP contribution in [-0.2, 0) is 6.54 Å². The molecular formula is C8H9ClN2O2. The van der Waals surface area contributed by atoms with Crippen molar-refractivity contribution in [1.29, 1.82) is 0 Å². The third kappa shape index (κ3) is 2.09. The summed E-state index contributed by atoms with van der Waals surface area (Å²) in [7, 11) is 0. The maximum absolute atomic E-state index is 11.4. The van der Waals surface area contributed by atoms with Gasteiger partial charge in [0.15, 0.2) is 0 Å². The highest BCUT2D eigenvalue weighted by Crippen LogP contribution is 1.91. The predicted octanol–water partition coefficient (Wildman–Crippen LogP) is 0.186. The summed E-state index contributed by atoms with van der Waals surface area (Å²) in [5.41, 5.74) is 4.59. The van der Waals surface area contributed by atoms with Crippen molar-refractivity contribution in [1.82, 2.24) is 4.57 Å². The highest BCUT2D eigenvalue weighted by molar-refractivity contribution is 6.17. The van der Waals surface area contributed by atoms with Crippen LogP contribution in [0.2, 0.25) is 0 Å². The topological polar surface area (TPSA) is 65.1 Å². The zero-order chi connectivity index (χ0) is 9.84. The van der Waals surface area contributed by atoms with Gasteiger partial charge in [-0.05, 0) is 12.1 Å². The van der Waals surface area contributed by atoms with Crippen LogP contribution in [0.25, 0.3) is 0 Å². The number of alkyl halides is 1. The number of rotatable bonds is 3. The molecule has 0 atom stereocenters. The average Bonchev–Trinajstić information content (AvgIpc) is 2.08. The summed E-state index contributed by atoms with van der Waals surface area (Å²) < 4.78 is 1.35. The van der Waals surface area contributed by atoms with Crippen LogP contribution in [0.4, 0.5) is 0 Å². The smallest absolute Gasteiger partial charge is 0.263 e. The number of halogens is 1. The minimum Gasteiger partial charge on any atom is -0.365 e. The Morgan fingerprint density at radius 2 is 2.31 bits per heavy atom. The molecule has 0 saturated carbocycles. The molecule has 0 saturated heterocycles. The van der Waals surface area contributed by atoms with Crippen molar-refractivity contribution in [2.75, 3.05) is 5.88 Å². The van der Waals surface area contributed by atoms with Crippen LogP contribution in [0, 0.1) is 0 Å². The Hall–Kier alpha value is -1.29. The van der Waals surface area contributed by atoms with Gasteiger partial charge < -0.3 is 10.3 Å². The van der Waals surface area contributed by atoms with E-state index in [9.17, 15) is 9.59 Å². The molecule has 1 rings (SSSR count). The summed E-state index contributed by atoms with van der Waals surface area (Å²) in [5.74, 6) is -0.392. The minimum absolute atomic E-state index is 0.00684.